The molecule has 0 unspecified atom stereocenters. The van der Waals surface area contributed by atoms with Crippen molar-refractivity contribution in [2.24, 2.45) is 5.92 Å². The minimum Gasteiger partial charge on any atom is -0.410 e. The van der Waals surface area contributed by atoms with E-state index in [1.165, 1.54) is 0 Å². The summed E-state index contributed by atoms with van der Waals surface area (Å²) in [6.07, 6.45) is 3.20. The molecule has 2 aromatic rings. The highest BCUT2D eigenvalue weighted by Gasteiger charge is 2.33. The lowest BCUT2D eigenvalue weighted by molar-refractivity contribution is -0.123. The number of rotatable bonds is 6. The molecule has 8 heteroatoms. The van der Waals surface area contributed by atoms with Gasteiger partial charge in [-0.2, -0.15) is 0 Å². The number of sulfone groups is 1. The average molecular weight is 335 g/mol. The van der Waals surface area contributed by atoms with Gasteiger partial charge >= 0.3 is 5.22 Å². The number of amides is 1. The van der Waals surface area contributed by atoms with Crippen LogP contribution in [0, 0.1) is 5.92 Å². The van der Waals surface area contributed by atoms with Gasteiger partial charge in [-0.3, -0.25) is 4.79 Å². The first-order chi connectivity index (χ1) is 10.9. The number of nitrogens with zero attached hydrogens (tertiary/aromatic N) is 2. The van der Waals surface area contributed by atoms with Crippen molar-refractivity contribution in [1.29, 1.82) is 0 Å². The maximum absolute atomic E-state index is 12.1. The SMILES string of the molecule is CS(=O)(=O)c1nnc([C@H](Cc2ccccc2)NC(=O)C2CC2)o1. The van der Waals surface area contributed by atoms with Crippen molar-refractivity contribution in [3.63, 3.8) is 0 Å². The van der Waals surface area contributed by atoms with E-state index in [-0.39, 0.29) is 17.7 Å². The molecule has 0 saturated heterocycles. The van der Waals surface area contributed by atoms with Crippen LogP contribution in [0.2, 0.25) is 0 Å². The molecule has 3 rings (SSSR count). The molecular weight excluding hydrogens is 318 g/mol. The van der Waals surface area contributed by atoms with E-state index in [1.807, 2.05) is 30.3 Å². The Morgan fingerprint density at radius 2 is 2.00 bits per heavy atom. The summed E-state index contributed by atoms with van der Waals surface area (Å²) in [6.45, 7) is 0. The van der Waals surface area contributed by atoms with Crippen molar-refractivity contribution >= 4 is 15.7 Å². The third-order valence-corrected chi connectivity index (χ3v) is 4.38. The number of aromatic nitrogens is 2. The zero-order valence-corrected chi connectivity index (χ0v) is 13.4. The van der Waals surface area contributed by atoms with Crippen molar-refractivity contribution in [3.8, 4) is 0 Å². The van der Waals surface area contributed by atoms with Crippen LogP contribution in [0.1, 0.15) is 30.3 Å². The van der Waals surface area contributed by atoms with E-state index in [1.54, 1.807) is 0 Å². The van der Waals surface area contributed by atoms with Crippen molar-refractivity contribution in [1.82, 2.24) is 15.5 Å². The van der Waals surface area contributed by atoms with Gasteiger partial charge in [0.1, 0.15) is 6.04 Å². The molecule has 1 aromatic carbocycles. The number of hydrogen-bond acceptors (Lipinski definition) is 6. The summed E-state index contributed by atoms with van der Waals surface area (Å²) in [5, 5.41) is 9.80. The number of carbonyl (C=O) groups excluding carboxylic acids is 1. The Morgan fingerprint density at radius 3 is 2.57 bits per heavy atom. The van der Waals surface area contributed by atoms with Gasteiger partial charge in [-0.25, -0.2) is 8.42 Å². The Kier molecular flexibility index (Phi) is 4.16. The van der Waals surface area contributed by atoms with Gasteiger partial charge in [0.25, 0.3) is 0 Å². The first-order valence-electron chi connectivity index (χ1n) is 7.31. The fraction of sp³-hybridized carbons (Fsp3) is 0.400. The molecule has 7 nitrogen and oxygen atoms in total. The Bertz CT molecular complexity index is 797. The van der Waals surface area contributed by atoms with Crippen molar-refractivity contribution < 1.29 is 17.6 Å². The van der Waals surface area contributed by atoms with Crippen LogP contribution in [0.25, 0.3) is 0 Å². The Morgan fingerprint density at radius 1 is 1.30 bits per heavy atom. The quantitative estimate of drug-likeness (QED) is 0.853. The fourth-order valence-electron chi connectivity index (χ4n) is 2.20. The van der Waals surface area contributed by atoms with E-state index in [9.17, 15) is 13.2 Å². The lowest BCUT2D eigenvalue weighted by Crippen LogP contribution is -2.31. The van der Waals surface area contributed by atoms with E-state index in [0.29, 0.717) is 6.42 Å². The van der Waals surface area contributed by atoms with Crippen LogP contribution in [0.4, 0.5) is 0 Å². The number of nitrogens with one attached hydrogen (secondary N) is 1. The van der Waals surface area contributed by atoms with Gasteiger partial charge in [-0.15, -0.1) is 5.10 Å². The smallest absolute Gasteiger partial charge is 0.335 e. The van der Waals surface area contributed by atoms with Gasteiger partial charge in [0.15, 0.2) is 0 Å². The van der Waals surface area contributed by atoms with Gasteiger partial charge in [0.05, 0.1) is 0 Å². The molecule has 0 bridgehead atoms. The molecule has 1 saturated carbocycles. The van der Waals surface area contributed by atoms with Gasteiger partial charge < -0.3 is 9.73 Å². The summed E-state index contributed by atoms with van der Waals surface area (Å²) >= 11 is 0. The lowest BCUT2D eigenvalue weighted by Gasteiger charge is -2.15. The monoisotopic (exact) mass is 335 g/mol. The molecule has 23 heavy (non-hydrogen) atoms. The highest BCUT2D eigenvalue weighted by Crippen LogP contribution is 2.30. The highest BCUT2D eigenvalue weighted by atomic mass is 32.2. The Hall–Kier alpha value is -2.22. The standard InChI is InChI=1S/C15H17N3O4S/c1-23(20,21)15-18-17-14(22-15)12(16-13(19)11-7-8-11)9-10-5-3-2-4-6-10/h2-6,11-12H,7-9H2,1H3,(H,16,19)/t12-/m0/s1. The minimum absolute atomic E-state index is 0.0329. The van der Waals surface area contributed by atoms with E-state index < -0.39 is 21.1 Å². The van der Waals surface area contributed by atoms with Crippen LogP contribution in [0.5, 0.6) is 0 Å². The molecule has 0 spiro atoms. The third kappa shape index (κ3) is 3.95. The topological polar surface area (TPSA) is 102 Å². The maximum Gasteiger partial charge on any atom is 0.335 e. The number of benzene rings is 1. The summed E-state index contributed by atoms with van der Waals surface area (Å²) < 4.78 is 28.2. The maximum atomic E-state index is 12.1. The van der Waals surface area contributed by atoms with Crippen LogP contribution in [0.15, 0.2) is 40.0 Å². The fourth-order valence-corrected chi connectivity index (χ4v) is 2.62. The molecule has 122 valence electrons. The van der Waals surface area contributed by atoms with E-state index in [4.69, 9.17) is 4.42 Å². The molecule has 1 aliphatic rings. The van der Waals surface area contributed by atoms with Crippen LogP contribution in [-0.2, 0) is 21.1 Å². The average Bonchev–Trinajstić information content (AvgIpc) is 3.23. The van der Waals surface area contributed by atoms with Crippen LogP contribution in [-0.4, -0.2) is 30.8 Å². The molecule has 1 aliphatic carbocycles. The molecule has 1 atom stereocenters. The van der Waals surface area contributed by atoms with Crippen LogP contribution < -0.4 is 5.32 Å². The zero-order valence-electron chi connectivity index (χ0n) is 12.6. The summed E-state index contributed by atoms with van der Waals surface area (Å²) in [5.41, 5.74) is 0.979. The van der Waals surface area contributed by atoms with E-state index in [0.717, 1.165) is 24.7 Å². The summed E-state index contributed by atoms with van der Waals surface area (Å²) in [5.74, 6) is 0.0684. The molecule has 1 heterocycles. The molecule has 1 N–H and O–H groups in total. The summed E-state index contributed by atoms with van der Waals surface area (Å²) in [6, 6.07) is 8.98. The summed E-state index contributed by atoms with van der Waals surface area (Å²) in [4.78, 5) is 12.1. The van der Waals surface area contributed by atoms with Crippen molar-refractivity contribution in [3.05, 3.63) is 41.8 Å². The number of carbonyl (C=O) groups is 1. The first kappa shape index (κ1) is 15.7. The molecule has 1 aromatic heterocycles. The molecule has 1 amide bonds. The zero-order chi connectivity index (χ0) is 16.4. The largest absolute Gasteiger partial charge is 0.410 e. The van der Waals surface area contributed by atoms with Gasteiger partial charge in [0.2, 0.25) is 21.6 Å². The third-order valence-electron chi connectivity index (χ3n) is 3.58. The van der Waals surface area contributed by atoms with E-state index >= 15 is 0 Å². The van der Waals surface area contributed by atoms with Crippen LogP contribution >= 0.6 is 0 Å². The molecule has 0 radical (unpaired) electrons. The normalized spacial score (nSPS) is 16.0. The minimum atomic E-state index is -3.57. The van der Waals surface area contributed by atoms with Gasteiger partial charge in [-0.1, -0.05) is 35.4 Å². The lowest BCUT2D eigenvalue weighted by atomic mass is 10.1. The van der Waals surface area contributed by atoms with Crippen molar-refractivity contribution in [2.75, 3.05) is 6.26 Å². The van der Waals surface area contributed by atoms with Crippen LogP contribution in [0.3, 0.4) is 0 Å². The molecule has 1 fully saturated rings. The van der Waals surface area contributed by atoms with E-state index in [2.05, 4.69) is 15.5 Å². The first-order valence-corrected chi connectivity index (χ1v) is 9.20. The Labute approximate surface area is 134 Å². The van der Waals surface area contributed by atoms with Crippen molar-refractivity contribution in [2.45, 2.75) is 30.5 Å². The highest BCUT2D eigenvalue weighted by molar-refractivity contribution is 7.90. The molecular formula is C15H17N3O4S. The summed E-state index contributed by atoms with van der Waals surface area (Å²) in [7, 11) is -3.57. The molecule has 0 aliphatic heterocycles. The predicted octanol–water partition coefficient (Wildman–Crippen LogP) is 1.28. The van der Waals surface area contributed by atoms with Gasteiger partial charge in [-0.05, 0) is 18.4 Å². The second-order valence-electron chi connectivity index (χ2n) is 5.70. The second kappa shape index (κ2) is 6.11. The second-order valence-corrected chi connectivity index (χ2v) is 7.60. The Balaban J connectivity index is 1.84. The van der Waals surface area contributed by atoms with Gasteiger partial charge in [0, 0.05) is 18.6 Å². The number of hydrogen-bond donors (Lipinski definition) is 1. The predicted molar refractivity (Wildman–Crippen MR) is 81.2 cm³/mol.